The summed E-state index contributed by atoms with van der Waals surface area (Å²) < 4.78 is 11.3. The summed E-state index contributed by atoms with van der Waals surface area (Å²) in [6.45, 7) is 8.79. The third kappa shape index (κ3) is 4.76. The monoisotopic (exact) mass is 422 g/mol. The van der Waals surface area contributed by atoms with Gasteiger partial charge in [-0.1, -0.05) is 24.3 Å². The van der Waals surface area contributed by atoms with Gasteiger partial charge in [-0.25, -0.2) is 4.99 Å². The van der Waals surface area contributed by atoms with E-state index in [4.69, 9.17) is 9.47 Å². The number of hydrogen-bond acceptors (Lipinski definition) is 5. The zero-order valence-corrected chi connectivity index (χ0v) is 18.4. The van der Waals surface area contributed by atoms with Crippen LogP contribution >= 0.6 is 11.8 Å². The van der Waals surface area contributed by atoms with Crippen LogP contribution in [0.3, 0.4) is 0 Å². The van der Waals surface area contributed by atoms with E-state index in [2.05, 4.69) is 11.6 Å². The minimum atomic E-state index is -0.0452. The first-order chi connectivity index (χ1) is 14.6. The number of nitrogens with zero attached hydrogens (tertiary/aromatic N) is 2. The predicted octanol–water partition coefficient (Wildman–Crippen LogP) is 5.45. The summed E-state index contributed by atoms with van der Waals surface area (Å²) in [6, 6.07) is 13.6. The van der Waals surface area contributed by atoms with Crippen molar-refractivity contribution in [3.8, 4) is 11.5 Å². The normalized spacial score (nSPS) is 16.4. The molecule has 0 spiro atoms. The molecule has 156 valence electrons. The van der Waals surface area contributed by atoms with E-state index in [0.29, 0.717) is 41.1 Å². The summed E-state index contributed by atoms with van der Waals surface area (Å²) in [5.74, 6) is 1.31. The van der Waals surface area contributed by atoms with E-state index >= 15 is 0 Å². The van der Waals surface area contributed by atoms with Gasteiger partial charge in [0.15, 0.2) is 16.7 Å². The first kappa shape index (κ1) is 21.7. The molecule has 0 radical (unpaired) electrons. The summed E-state index contributed by atoms with van der Waals surface area (Å²) in [4.78, 5) is 20.0. The maximum Gasteiger partial charge on any atom is 0.266 e. The standard InChI is InChI=1S/C24H26N2O3S/c1-5-11-18-14-17(15-20(29-7-3)22(18)28-4)16-21-23(27)26(6-2)24(30-21)25-19-12-9-8-10-13-19/h5,8-10,12-16H,1,6-7,11H2,2-4H3/b21-16+,25-24?. The minimum Gasteiger partial charge on any atom is -0.493 e. The number of benzene rings is 2. The van der Waals surface area contributed by atoms with Gasteiger partial charge in [0.25, 0.3) is 5.91 Å². The smallest absolute Gasteiger partial charge is 0.266 e. The number of carbonyl (C=O) groups excluding carboxylic acids is 1. The Bertz CT molecular complexity index is 983. The van der Waals surface area contributed by atoms with Gasteiger partial charge in [-0.2, -0.15) is 0 Å². The number of methoxy groups -OCH3 is 1. The molecule has 5 nitrogen and oxygen atoms in total. The molecule has 1 saturated heterocycles. The molecule has 30 heavy (non-hydrogen) atoms. The number of amidine groups is 1. The van der Waals surface area contributed by atoms with Crippen LogP contribution in [-0.4, -0.2) is 36.2 Å². The van der Waals surface area contributed by atoms with Crippen molar-refractivity contribution in [1.82, 2.24) is 4.90 Å². The Labute approximate surface area is 182 Å². The largest absolute Gasteiger partial charge is 0.493 e. The van der Waals surface area contributed by atoms with Crippen molar-refractivity contribution in [2.45, 2.75) is 20.3 Å². The molecule has 0 saturated carbocycles. The Hall–Kier alpha value is -2.99. The molecule has 1 fully saturated rings. The second-order valence-corrected chi connectivity index (χ2v) is 7.54. The fourth-order valence-corrected chi connectivity index (χ4v) is 4.27. The number of para-hydroxylation sites is 1. The van der Waals surface area contributed by atoms with Gasteiger partial charge in [0.2, 0.25) is 0 Å². The van der Waals surface area contributed by atoms with Crippen molar-refractivity contribution in [3.05, 3.63) is 71.2 Å². The molecule has 1 amide bonds. The van der Waals surface area contributed by atoms with Crippen molar-refractivity contribution in [3.63, 3.8) is 0 Å². The molecule has 1 aliphatic rings. The summed E-state index contributed by atoms with van der Waals surface area (Å²) >= 11 is 1.38. The number of rotatable bonds is 8. The van der Waals surface area contributed by atoms with Gasteiger partial charge < -0.3 is 9.47 Å². The number of ether oxygens (including phenoxy) is 2. The zero-order chi connectivity index (χ0) is 21.5. The number of thioether (sulfide) groups is 1. The lowest BCUT2D eigenvalue weighted by atomic mass is 10.0. The maximum atomic E-state index is 13.0. The Morgan fingerprint density at radius 1 is 1.20 bits per heavy atom. The second-order valence-electron chi connectivity index (χ2n) is 6.53. The average Bonchev–Trinajstić information content (AvgIpc) is 3.03. The fraction of sp³-hybridized carbons (Fsp3) is 0.250. The van der Waals surface area contributed by atoms with Crippen LogP contribution in [0, 0.1) is 0 Å². The van der Waals surface area contributed by atoms with Crippen LogP contribution in [0.1, 0.15) is 25.0 Å². The Morgan fingerprint density at radius 2 is 1.97 bits per heavy atom. The molecule has 0 N–H and O–H groups in total. The van der Waals surface area contributed by atoms with E-state index in [1.54, 1.807) is 12.0 Å². The first-order valence-corrected chi connectivity index (χ1v) is 10.7. The van der Waals surface area contributed by atoms with E-state index in [1.165, 1.54) is 11.8 Å². The molecule has 1 heterocycles. The van der Waals surface area contributed by atoms with Gasteiger partial charge in [-0.3, -0.25) is 9.69 Å². The number of hydrogen-bond donors (Lipinski definition) is 0. The number of carbonyl (C=O) groups is 1. The van der Waals surface area contributed by atoms with Crippen LogP contribution in [0.5, 0.6) is 11.5 Å². The van der Waals surface area contributed by atoms with E-state index in [1.807, 2.05) is 68.5 Å². The molecule has 0 aromatic heterocycles. The third-order valence-electron chi connectivity index (χ3n) is 4.51. The van der Waals surface area contributed by atoms with Crippen LogP contribution in [0.15, 0.2) is 65.0 Å². The van der Waals surface area contributed by atoms with E-state index < -0.39 is 0 Å². The lowest BCUT2D eigenvalue weighted by Gasteiger charge is -2.14. The molecule has 3 rings (SSSR count). The fourth-order valence-electron chi connectivity index (χ4n) is 3.20. The van der Waals surface area contributed by atoms with Crippen molar-refractivity contribution in [1.29, 1.82) is 0 Å². The lowest BCUT2D eigenvalue weighted by Crippen LogP contribution is -2.28. The highest BCUT2D eigenvalue weighted by atomic mass is 32.2. The number of allylic oxidation sites excluding steroid dienone is 1. The quantitative estimate of drug-likeness (QED) is 0.419. The summed E-state index contributed by atoms with van der Waals surface area (Å²) in [5, 5.41) is 0.685. The minimum absolute atomic E-state index is 0.0452. The third-order valence-corrected chi connectivity index (χ3v) is 5.51. The highest BCUT2D eigenvalue weighted by molar-refractivity contribution is 8.18. The molecule has 2 aromatic carbocycles. The van der Waals surface area contributed by atoms with E-state index in [0.717, 1.165) is 16.8 Å². The molecule has 6 heteroatoms. The summed E-state index contributed by atoms with van der Waals surface area (Å²) in [5.41, 5.74) is 2.67. The first-order valence-electron chi connectivity index (χ1n) is 9.91. The number of amides is 1. The Balaban J connectivity index is 2.00. The maximum absolute atomic E-state index is 13.0. The molecule has 2 aromatic rings. The van der Waals surface area contributed by atoms with Crippen molar-refractivity contribution < 1.29 is 14.3 Å². The summed E-state index contributed by atoms with van der Waals surface area (Å²) in [6.07, 6.45) is 4.35. The molecular formula is C24H26N2O3S. The Kier molecular flexibility index (Phi) is 7.36. The van der Waals surface area contributed by atoms with Crippen molar-refractivity contribution in [2.75, 3.05) is 20.3 Å². The number of likely N-dealkylation sites (N-methyl/N-ethyl adjacent to an activating group) is 1. The highest BCUT2D eigenvalue weighted by Gasteiger charge is 2.32. The lowest BCUT2D eigenvalue weighted by molar-refractivity contribution is -0.122. The second kappa shape index (κ2) is 10.2. The van der Waals surface area contributed by atoms with E-state index in [9.17, 15) is 4.79 Å². The van der Waals surface area contributed by atoms with Gasteiger partial charge in [0.1, 0.15) is 0 Å². The number of aliphatic imine (C=N–C) groups is 1. The van der Waals surface area contributed by atoms with Gasteiger partial charge in [-0.15, -0.1) is 6.58 Å². The van der Waals surface area contributed by atoms with Gasteiger partial charge in [0, 0.05) is 12.1 Å². The SMILES string of the molecule is C=CCc1cc(/C=C2/SC(=Nc3ccccc3)N(CC)C2=O)cc(OCC)c1OC. The van der Waals surface area contributed by atoms with Crippen LogP contribution in [0.4, 0.5) is 5.69 Å². The molecule has 0 atom stereocenters. The van der Waals surface area contributed by atoms with Gasteiger partial charge in [0.05, 0.1) is 24.3 Å². The van der Waals surface area contributed by atoms with Crippen LogP contribution < -0.4 is 9.47 Å². The van der Waals surface area contributed by atoms with E-state index in [-0.39, 0.29) is 5.91 Å². The summed E-state index contributed by atoms with van der Waals surface area (Å²) in [7, 11) is 1.63. The van der Waals surface area contributed by atoms with Crippen molar-refractivity contribution in [2.24, 2.45) is 4.99 Å². The van der Waals surface area contributed by atoms with Crippen LogP contribution in [0.2, 0.25) is 0 Å². The van der Waals surface area contributed by atoms with Crippen molar-refractivity contribution >= 4 is 34.6 Å². The highest BCUT2D eigenvalue weighted by Crippen LogP contribution is 2.37. The van der Waals surface area contributed by atoms with Crippen LogP contribution in [-0.2, 0) is 11.2 Å². The molecular weight excluding hydrogens is 396 g/mol. The Morgan fingerprint density at radius 3 is 2.60 bits per heavy atom. The zero-order valence-electron chi connectivity index (χ0n) is 17.6. The average molecular weight is 423 g/mol. The van der Waals surface area contributed by atoms with Crippen LogP contribution in [0.25, 0.3) is 6.08 Å². The molecule has 0 aliphatic carbocycles. The molecule has 1 aliphatic heterocycles. The molecule has 0 unspecified atom stereocenters. The predicted molar refractivity (Wildman–Crippen MR) is 125 cm³/mol. The molecule has 0 bridgehead atoms. The van der Waals surface area contributed by atoms with Gasteiger partial charge in [-0.05, 0) is 67.9 Å². The van der Waals surface area contributed by atoms with Gasteiger partial charge >= 0.3 is 0 Å². The topological polar surface area (TPSA) is 51.1 Å².